The molecule has 7 heteroatoms. The number of thiazole rings is 1. The molecule has 0 bridgehead atoms. The summed E-state index contributed by atoms with van der Waals surface area (Å²) in [6, 6.07) is 6.72. The minimum atomic E-state index is -0.390. The number of carbonyl (C=O) groups is 1. The van der Waals surface area contributed by atoms with Crippen molar-refractivity contribution in [1.29, 1.82) is 0 Å². The second-order valence-corrected chi connectivity index (χ2v) is 7.39. The van der Waals surface area contributed by atoms with E-state index in [2.05, 4.69) is 10.3 Å². The summed E-state index contributed by atoms with van der Waals surface area (Å²) in [7, 11) is 0. The van der Waals surface area contributed by atoms with Crippen LogP contribution < -0.4 is 10.9 Å². The number of rotatable bonds is 2. The number of amides is 2. The maximum atomic E-state index is 12.8. The van der Waals surface area contributed by atoms with Gasteiger partial charge in [-0.25, -0.2) is 14.6 Å². The maximum absolute atomic E-state index is 12.8. The molecular weight excluding hydrogens is 350 g/mol. The fraction of sp³-hybridized carbons (Fsp3) is 0.316. The Hall–Kier alpha value is -2.67. The van der Waals surface area contributed by atoms with E-state index in [0.717, 1.165) is 35.2 Å². The fourth-order valence-corrected chi connectivity index (χ4v) is 4.21. The summed E-state index contributed by atoms with van der Waals surface area (Å²) >= 11 is 1.58. The van der Waals surface area contributed by atoms with E-state index in [0.29, 0.717) is 17.8 Å². The Bertz CT molecular complexity index is 997. The summed E-state index contributed by atoms with van der Waals surface area (Å²) in [6.45, 7) is 2.57. The number of aromatic nitrogens is 1. The van der Waals surface area contributed by atoms with Crippen molar-refractivity contribution in [3.05, 3.63) is 56.8 Å². The molecule has 1 fully saturated rings. The van der Waals surface area contributed by atoms with E-state index in [1.54, 1.807) is 23.6 Å². The van der Waals surface area contributed by atoms with Crippen LogP contribution in [0.5, 0.6) is 0 Å². The Balaban J connectivity index is 1.59. The summed E-state index contributed by atoms with van der Waals surface area (Å²) in [5.41, 5.74) is 1.55. The Morgan fingerprint density at radius 1 is 1.35 bits per heavy atom. The molecule has 1 saturated heterocycles. The largest absolute Gasteiger partial charge is 0.423 e. The zero-order valence-corrected chi connectivity index (χ0v) is 15.2. The van der Waals surface area contributed by atoms with Crippen LogP contribution in [-0.4, -0.2) is 22.5 Å². The molecule has 1 aliphatic heterocycles. The molecule has 1 aliphatic rings. The topological polar surface area (TPSA) is 75.4 Å². The number of nitrogens with zero attached hydrogens (tertiary/aromatic N) is 2. The number of hydrogen-bond acceptors (Lipinski definition) is 5. The van der Waals surface area contributed by atoms with Gasteiger partial charge in [0.25, 0.3) is 0 Å². The van der Waals surface area contributed by atoms with Crippen molar-refractivity contribution in [3.63, 3.8) is 0 Å². The lowest BCUT2D eigenvalue weighted by molar-refractivity contribution is 0.163. The van der Waals surface area contributed by atoms with Gasteiger partial charge in [-0.2, -0.15) is 0 Å². The smallest absolute Gasteiger partial charge is 0.336 e. The normalized spacial score (nSPS) is 17.4. The summed E-state index contributed by atoms with van der Waals surface area (Å²) in [5.74, 6) is 0. The summed E-state index contributed by atoms with van der Waals surface area (Å²) < 4.78 is 5.26. The molecule has 26 heavy (non-hydrogen) atoms. The van der Waals surface area contributed by atoms with Crippen molar-refractivity contribution in [1.82, 2.24) is 9.88 Å². The molecule has 0 aliphatic carbocycles. The molecule has 0 spiro atoms. The van der Waals surface area contributed by atoms with Crippen LogP contribution in [0.15, 0.2) is 45.1 Å². The summed E-state index contributed by atoms with van der Waals surface area (Å²) in [6.07, 6.45) is 4.78. The highest BCUT2D eigenvalue weighted by Crippen LogP contribution is 2.32. The van der Waals surface area contributed by atoms with Gasteiger partial charge in [0, 0.05) is 41.3 Å². The van der Waals surface area contributed by atoms with Crippen LogP contribution in [0.3, 0.4) is 0 Å². The number of aryl methyl sites for hydroxylation is 1. The number of urea groups is 1. The second kappa shape index (κ2) is 6.92. The third-order valence-corrected chi connectivity index (χ3v) is 5.58. The third kappa shape index (κ3) is 3.22. The molecular formula is C19H19N3O3S. The Kier molecular flexibility index (Phi) is 4.46. The van der Waals surface area contributed by atoms with Gasteiger partial charge in [-0.3, -0.25) is 0 Å². The lowest BCUT2D eigenvalue weighted by Gasteiger charge is -2.34. The zero-order valence-electron chi connectivity index (χ0n) is 14.4. The Morgan fingerprint density at radius 2 is 2.23 bits per heavy atom. The van der Waals surface area contributed by atoms with Crippen molar-refractivity contribution in [3.8, 4) is 0 Å². The highest BCUT2D eigenvalue weighted by molar-refractivity contribution is 7.09. The van der Waals surface area contributed by atoms with Gasteiger partial charge < -0.3 is 14.6 Å². The quantitative estimate of drug-likeness (QED) is 0.683. The number of likely N-dealkylation sites (tertiary alicyclic amines) is 1. The minimum Gasteiger partial charge on any atom is -0.423 e. The standard InChI is InChI=1S/C19H19N3O3S/c1-12-10-17(23)25-16-11-13(5-6-14(12)16)21-19(24)22-8-3-2-4-15(22)18-20-7-9-26-18/h5-7,9-11,15H,2-4,8H2,1H3,(H,21,24). The van der Waals surface area contributed by atoms with Crippen LogP contribution in [0.2, 0.25) is 0 Å². The average Bonchev–Trinajstić information content (AvgIpc) is 3.15. The highest BCUT2D eigenvalue weighted by atomic mass is 32.1. The molecule has 1 unspecified atom stereocenters. The molecule has 3 aromatic rings. The van der Waals surface area contributed by atoms with Crippen LogP contribution in [0.25, 0.3) is 11.0 Å². The van der Waals surface area contributed by atoms with Crippen molar-refractivity contribution in [2.75, 3.05) is 11.9 Å². The molecule has 4 rings (SSSR count). The number of hydrogen-bond donors (Lipinski definition) is 1. The van der Waals surface area contributed by atoms with Crippen molar-refractivity contribution >= 4 is 34.0 Å². The SMILES string of the molecule is Cc1cc(=O)oc2cc(NC(=O)N3CCCCC3c3nccs3)ccc12. The third-order valence-electron chi connectivity index (χ3n) is 4.70. The molecule has 1 aromatic carbocycles. The summed E-state index contributed by atoms with van der Waals surface area (Å²) in [5, 5.41) is 6.71. The summed E-state index contributed by atoms with van der Waals surface area (Å²) in [4.78, 5) is 30.7. The van der Waals surface area contributed by atoms with Crippen molar-refractivity contribution < 1.29 is 9.21 Å². The first-order chi connectivity index (χ1) is 12.6. The van der Waals surface area contributed by atoms with E-state index >= 15 is 0 Å². The average molecular weight is 369 g/mol. The number of anilines is 1. The monoisotopic (exact) mass is 369 g/mol. The number of benzene rings is 1. The first-order valence-electron chi connectivity index (χ1n) is 8.63. The van der Waals surface area contributed by atoms with Crippen LogP contribution >= 0.6 is 11.3 Å². The first kappa shape index (κ1) is 16.8. The van der Waals surface area contributed by atoms with Gasteiger partial charge in [0.2, 0.25) is 0 Å². The second-order valence-electron chi connectivity index (χ2n) is 6.46. The number of nitrogens with one attached hydrogen (secondary N) is 1. The fourth-order valence-electron chi connectivity index (χ4n) is 3.43. The van der Waals surface area contributed by atoms with Gasteiger partial charge in [-0.15, -0.1) is 11.3 Å². The first-order valence-corrected chi connectivity index (χ1v) is 9.51. The van der Waals surface area contributed by atoms with Crippen LogP contribution in [0.4, 0.5) is 10.5 Å². The molecule has 0 saturated carbocycles. The van der Waals surface area contributed by atoms with E-state index in [9.17, 15) is 9.59 Å². The van der Waals surface area contributed by atoms with E-state index in [1.165, 1.54) is 6.07 Å². The predicted octanol–water partition coefficient (Wildman–Crippen LogP) is 4.32. The minimum absolute atomic E-state index is 0.0179. The molecule has 3 heterocycles. The Labute approximate surface area is 154 Å². The van der Waals surface area contributed by atoms with Crippen LogP contribution in [-0.2, 0) is 0 Å². The van der Waals surface area contributed by atoms with Gasteiger partial charge in [-0.1, -0.05) is 0 Å². The molecule has 2 amide bonds. The molecule has 6 nitrogen and oxygen atoms in total. The van der Waals surface area contributed by atoms with Gasteiger partial charge in [0.1, 0.15) is 10.6 Å². The van der Waals surface area contributed by atoms with E-state index in [1.807, 2.05) is 29.3 Å². The van der Waals surface area contributed by atoms with Crippen LogP contribution in [0, 0.1) is 6.92 Å². The highest BCUT2D eigenvalue weighted by Gasteiger charge is 2.29. The molecule has 0 radical (unpaired) electrons. The molecule has 1 atom stereocenters. The Morgan fingerprint density at radius 3 is 3.04 bits per heavy atom. The van der Waals surface area contributed by atoms with Crippen molar-refractivity contribution in [2.24, 2.45) is 0 Å². The number of fused-ring (bicyclic) bond motifs is 1. The van der Waals surface area contributed by atoms with Gasteiger partial charge in [0.05, 0.1) is 6.04 Å². The van der Waals surface area contributed by atoms with Gasteiger partial charge in [-0.05, 0) is 43.9 Å². The van der Waals surface area contributed by atoms with Gasteiger partial charge in [0.15, 0.2) is 0 Å². The van der Waals surface area contributed by atoms with Crippen molar-refractivity contribution in [2.45, 2.75) is 32.2 Å². The predicted molar refractivity (Wildman–Crippen MR) is 102 cm³/mol. The molecule has 1 N–H and O–H groups in total. The molecule has 134 valence electrons. The van der Waals surface area contributed by atoms with E-state index in [4.69, 9.17) is 4.42 Å². The maximum Gasteiger partial charge on any atom is 0.336 e. The number of piperidine rings is 1. The number of carbonyl (C=O) groups excluding carboxylic acids is 1. The lowest BCUT2D eigenvalue weighted by atomic mass is 10.0. The van der Waals surface area contributed by atoms with Crippen LogP contribution in [0.1, 0.15) is 35.9 Å². The van der Waals surface area contributed by atoms with E-state index < -0.39 is 5.63 Å². The lowest BCUT2D eigenvalue weighted by Crippen LogP contribution is -2.41. The van der Waals surface area contributed by atoms with Gasteiger partial charge >= 0.3 is 11.7 Å². The zero-order chi connectivity index (χ0) is 18.1. The molecule has 2 aromatic heterocycles. The van der Waals surface area contributed by atoms with E-state index in [-0.39, 0.29) is 12.1 Å².